The second-order valence-corrected chi connectivity index (χ2v) is 4.79. The molecular weight excluding hydrogens is 238 g/mol. The Kier molecular flexibility index (Phi) is 5.65. The molecule has 0 spiro atoms. The van der Waals surface area contributed by atoms with Crippen molar-refractivity contribution in [3.63, 3.8) is 0 Å². The van der Waals surface area contributed by atoms with Gasteiger partial charge in [0.15, 0.2) is 0 Å². The van der Waals surface area contributed by atoms with Crippen LogP contribution in [0.25, 0.3) is 0 Å². The molecule has 0 fully saturated rings. The lowest BCUT2D eigenvalue weighted by molar-refractivity contribution is 0.118. The van der Waals surface area contributed by atoms with E-state index in [4.69, 9.17) is 16.3 Å². The molecule has 0 atom stereocenters. The van der Waals surface area contributed by atoms with Crippen LogP contribution in [0.15, 0.2) is 0 Å². The van der Waals surface area contributed by atoms with Crippen molar-refractivity contribution in [1.29, 1.82) is 0 Å². The Morgan fingerprint density at radius 1 is 1.29 bits per heavy atom. The monoisotopic (exact) mass is 257 g/mol. The molecule has 1 N–H and O–H groups in total. The van der Waals surface area contributed by atoms with Gasteiger partial charge in [-0.25, -0.2) is 9.97 Å². The predicted octanol–water partition coefficient (Wildman–Crippen LogP) is 2.83. The summed E-state index contributed by atoms with van der Waals surface area (Å²) in [4.78, 5) is 8.39. The third-order valence-electron chi connectivity index (χ3n) is 2.19. The maximum atomic E-state index is 5.98. The fraction of sp³-hybridized carbons (Fsp3) is 0.667. The molecular formula is C12H20ClN3O. The minimum absolute atomic E-state index is 0.503. The number of ether oxygens (including phenoxy) is 1. The van der Waals surface area contributed by atoms with E-state index in [9.17, 15) is 0 Å². The van der Waals surface area contributed by atoms with E-state index in [1.165, 1.54) is 0 Å². The van der Waals surface area contributed by atoms with Gasteiger partial charge in [0.05, 0.1) is 6.61 Å². The molecule has 5 heteroatoms. The van der Waals surface area contributed by atoms with Crippen LogP contribution in [0.3, 0.4) is 0 Å². The van der Waals surface area contributed by atoms with E-state index in [2.05, 4.69) is 29.1 Å². The Bertz CT molecular complexity index is 369. The second-order valence-electron chi connectivity index (χ2n) is 4.43. The molecule has 0 aliphatic rings. The summed E-state index contributed by atoms with van der Waals surface area (Å²) in [5, 5.41) is 3.71. The van der Waals surface area contributed by atoms with Gasteiger partial charge in [-0.15, -0.1) is 0 Å². The quantitative estimate of drug-likeness (QED) is 0.629. The summed E-state index contributed by atoms with van der Waals surface area (Å²) in [6.07, 6.45) is 0. The summed E-state index contributed by atoms with van der Waals surface area (Å²) in [6, 6.07) is 0. The summed E-state index contributed by atoms with van der Waals surface area (Å²) in [5.74, 6) is 2.02. The van der Waals surface area contributed by atoms with Crippen LogP contribution in [0.5, 0.6) is 0 Å². The van der Waals surface area contributed by atoms with Gasteiger partial charge in [-0.2, -0.15) is 0 Å². The van der Waals surface area contributed by atoms with Gasteiger partial charge in [-0.1, -0.05) is 25.4 Å². The van der Waals surface area contributed by atoms with Crippen LogP contribution in [0.2, 0.25) is 5.15 Å². The predicted molar refractivity (Wildman–Crippen MR) is 70.7 cm³/mol. The van der Waals surface area contributed by atoms with Gasteiger partial charge in [0, 0.05) is 18.7 Å². The Balaban J connectivity index is 2.41. The molecule has 17 heavy (non-hydrogen) atoms. The van der Waals surface area contributed by atoms with Crippen molar-refractivity contribution in [3.8, 4) is 0 Å². The number of nitrogens with one attached hydrogen (secondary N) is 1. The maximum absolute atomic E-state index is 5.98. The van der Waals surface area contributed by atoms with Crippen molar-refractivity contribution in [2.24, 2.45) is 5.92 Å². The summed E-state index contributed by atoms with van der Waals surface area (Å²) in [7, 11) is 0. The summed E-state index contributed by atoms with van der Waals surface area (Å²) < 4.78 is 5.48. The molecule has 0 radical (unpaired) electrons. The third kappa shape index (κ3) is 4.88. The lowest BCUT2D eigenvalue weighted by atomic mass is 10.2. The van der Waals surface area contributed by atoms with Crippen LogP contribution >= 0.6 is 11.6 Å². The van der Waals surface area contributed by atoms with Crippen molar-refractivity contribution in [2.75, 3.05) is 25.1 Å². The first-order valence-electron chi connectivity index (χ1n) is 5.83. The second kappa shape index (κ2) is 6.77. The smallest absolute Gasteiger partial charge is 0.137 e. The highest BCUT2D eigenvalue weighted by Crippen LogP contribution is 2.19. The number of aryl methyl sites for hydroxylation is 1. The normalized spacial score (nSPS) is 10.9. The Labute approximate surface area is 108 Å². The molecule has 0 unspecified atom stereocenters. The standard InChI is InChI=1S/C12H20ClN3O/c1-8(2)7-17-6-5-14-12-9(3)11(13)15-10(4)16-12/h8H,5-7H2,1-4H3,(H,14,15,16). The first-order chi connectivity index (χ1) is 8.00. The van der Waals surface area contributed by atoms with E-state index in [-0.39, 0.29) is 0 Å². The molecule has 96 valence electrons. The lowest BCUT2D eigenvalue weighted by Gasteiger charge is -2.11. The molecule has 0 aliphatic carbocycles. The van der Waals surface area contributed by atoms with E-state index in [1.54, 1.807) is 0 Å². The van der Waals surface area contributed by atoms with Gasteiger partial charge in [-0.3, -0.25) is 0 Å². The molecule has 0 amide bonds. The molecule has 0 aromatic carbocycles. The maximum Gasteiger partial charge on any atom is 0.137 e. The number of rotatable bonds is 6. The zero-order chi connectivity index (χ0) is 12.8. The van der Waals surface area contributed by atoms with Crippen LogP contribution in [0.1, 0.15) is 25.2 Å². The number of nitrogens with zero attached hydrogens (tertiary/aromatic N) is 2. The van der Waals surface area contributed by atoms with Crippen molar-refractivity contribution in [1.82, 2.24) is 9.97 Å². The van der Waals surface area contributed by atoms with E-state index in [0.717, 1.165) is 24.5 Å². The minimum Gasteiger partial charge on any atom is -0.379 e. The fourth-order valence-electron chi connectivity index (χ4n) is 1.33. The van der Waals surface area contributed by atoms with Gasteiger partial charge >= 0.3 is 0 Å². The number of hydrogen-bond acceptors (Lipinski definition) is 4. The largest absolute Gasteiger partial charge is 0.379 e. The van der Waals surface area contributed by atoms with Gasteiger partial charge in [-0.05, 0) is 19.8 Å². The van der Waals surface area contributed by atoms with Crippen molar-refractivity contribution < 1.29 is 4.74 Å². The number of aromatic nitrogens is 2. The fourth-order valence-corrected chi connectivity index (χ4v) is 1.54. The van der Waals surface area contributed by atoms with E-state index in [0.29, 0.717) is 23.5 Å². The summed E-state index contributed by atoms with van der Waals surface area (Å²) in [6.45, 7) is 10.2. The molecule has 1 rings (SSSR count). The van der Waals surface area contributed by atoms with Crippen molar-refractivity contribution in [3.05, 3.63) is 16.5 Å². The zero-order valence-corrected chi connectivity index (χ0v) is 11.6. The summed E-state index contributed by atoms with van der Waals surface area (Å²) >= 11 is 5.98. The zero-order valence-electron chi connectivity index (χ0n) is 10.9. The summed E-state index contributed by atoms with van der Waals surface area (Å²) in [5.41, 5.74) is 0.876. The highest BCUT2D eigenvalue weighted by Gasteiger charge is 2.06. The molecule has 1 heterocycles. The van der Waals surface area contributed by atoms with Gasteiger partial charge < -0.3 is 10.1 Å². The van der Waals surface area contributed by atoms with Crippen molar-refractivity contribution >= 4 is 17.4 Å². The molecule has 4 nitrogen and oxygen atoms in total. The molecule has 0 saturated heterocycles. The van der Waals surface area contributed by atoms with Crippen LogP contribution < -0.4 is 5.32 Å². The lowest BCUT2D eigenvalue weighted by Crippen LogP contribution is -2.14. The van der Waals surface area contributed by atoms with Gasteiger partial charge in [0.1, 0.15) is 16.8 Å². The third-order valence-corrected chi connectivity index (χ3v) is 2.56. The van der Waals surface area contributed by atoms with Crippen molar-refractivity contribution in [2.45, 2.75) is 27.7 Å². The first-order valence-corrected chi connectivity index (χ1v) is 6.21. The number of anilines is 1. The molecule has 0 saturated carbocycles. The molecule has 1 aromatic rings. The van der Waals surface area contributed by atoms with E-state index in [1.807, 2.05) is 13.8 Å². The topological polar surface area (TPSA) is 47.0 Å². The van der Waals surface area contributed by atoms with Crippen LogP contribution in [-0.4, -0.2) is 29.7 Å². The SMILES string of the molecule is Cc1nc(Cl)c(C)c(NCCOCC(C)C)n1. The molecule has 1 aromatic heterocycles. The highest BCUT2D eigenvalue weighted by molar-refractivity contribution is 6.30. The van der Waals surface area contributed by atoms with Gasteiger partial charge in [0.2, 0.25) is 0 Å². The Morgan fingerprint density at radius 2 is 2.00 bits per heavy atom. The minimum atomic E-state index is 0.503. The average molecular weight is 258 g/mol. The van der Waals surface area contributed by atoms with Crippen LogP contribution in [0.4, 0.5) is 5.82 Å². The van der Waals surface area contributed by atoms with Crippen LogP contribution in [0, 0.1) is 19.8 Å². The molecule has 0 aliphatic heterocycles. The average Bonchev–Trinajstić information content (AvgIpc) is 2.23. The van der Waals surface area contributed by atoms with Crippen LogP contribution in [-0.2, 0) is 4.74 Å². The number of hydrogen-bond donors (Lipinski definition) is 1. The highest BCUT2D eigenvalue weighted by atomic mass is 35.5. The van der Waals surface area contributed by atoms with Gasteiger partial charge in [0.25, 0.3) is 0 Å². The Hall–Kier alpha value is -0.870. The number of halogens is 1. The van der Waals surface area contributed by atoms with E-state index < -0.39 is 0 Å². The van der Waals surface area contributed by atoms with E-state index >= 15 is 0 Å². The first kappa shape index (κ1) is 14.2. The molecule has 0 bridgehead atoms. The Morgan fingerprint density at radius 3 is 2.65 bits per heavy atom.